The van der Waals surface area contributed by atoms with Crippen LogP contribution in [0.2, 0.25) is 5.02 Å². The lowest BCUT2D eigenvalue weighted by molar-refractivity contribution is 0.282. The van der Waals surface area contributed by atoms with Crippen molar-refractivity contribution in [1.82, 2.24) is 0 Å². The molecular formula is C15H11ClINO2. The SMILES string of the molecule is COc1cc(C#N)cc(I)c1OCc1ccccc1Cl. The molecule has 0 spiro atoms. The molecule has 0 radical (unpaired) electrons. The van der Waals surface area contributed by atoms with Crippen molar-refractivity contribution in [1.29, 1.82) is 5.26 Å². The Morgan fingerprint density at radius 3 is 2.70 bits per heavy atom. The second-order valence-electron chi connectivity index (χ2n) is 3.98. The molecule has 5 heteroatoms. The van der Waals surface area contributed by atoms with Gasteiger partial charge in [0.05, 0.1) is 22.3 Å². The molecule has 0 amide bonds. The molecular weight excluding hydrogens is 389 g/mol. The summed E-state index contributed by atoms with van der Waals surface area (Å²) in [6, 6.07) is 13.0. The molecule has 2 rings (SSSR count). The highest BCUT2D eigenvalue weighted by atomic mass is 127. The van der Waals surface area contributed by atoms with E-state index in [1.54, 1.807) is 19.2 Å². The Kier molecular flexibility index (Phi) is 5.10. The quantitative estimate of drug-likeness (QED) is 0.716. The Hall–Kier alpha value is -1.45. The average molecular weight is 400 g/mol. The van der Waals surface area contributed by atoms with Gasteiger partial charge >= 0.3 is 0 Å². The first-order chi connectivity index (χ1) is 9.65. The monoisotopic (exact) mass is 399 g/mol. The average Bonchev–Trinajstić information content (AvgIpc) is 2.46. The Morgan fingerprint density at radius 2 is 2.05 bits per heavy atom. The van der Waals surface area contributed by atoms with Crippen LogP contribution in [0.15, 0.2) is 36.4 Å². The highest BCUT2D eigenvalue weighted by Crippen LogP contribution is 2.34. The van der Waals surface area contributed by atoms with Crippen LogP contribution in [0.25, 0.3) is 0 Å². The highest BCUT2D eigenvalue weighted by Gasteiger charge is 2.12. The molecule has 0 aliphatic carbocycles. The Labute approximate surface area is 136 Å². The van der Waals surface area contributed by atoms with Crippen molar-refractivity contribution in [2.45, 2.75) is 6.61 Å². The number of halogens is 2. The number of nitrogens with zero attached hydrogens (tertiary/aromatic N) is 1. The van der Waals surface area contributed by atoms with E-state index in [1.807, 2.05) is 24.3 Å². The molecule has 0 aliphatic rings. The van der Waals surface area contributed by atoms with Crippen LogP contribution in [-0.2, 0) is 6.61 Å². The first-order valence-corrected chi connectivity index (χ1v) is 7.25. The van der Waals surface area contributed by atoms with Gasteiger partial charge in [0.1, 0.15) is 6.61 Å². The molecule has 20 heavy (non-hydrogen) atoms. The fourth-order valence-electron chi connectivity index (χ4n) is 1.69. The molecule has 102 valence electrons. The molecule has 0 aromatic heterocycles. The van der Waals surface area contributed by atoms with Crippen molar-refractivity contribution in [3.8, 4) is 17.6 Å². The van der Waals surface area contributed by atoms with E-state index in [-0.39, 0.29) is 0 Å². The minimum absolute atomic E-state index is 0.345. The third-order valence-corrected chi connectivity index (χ3v) is 3.86. The van der Waals surface area contributed by atoms with E-state index in [2.05, 4.69) is 28.7 Å². The van der Waals surface area contributed by atoms with Crippen molar-refractivity contribution in [3.05, 3.63) is 56.1 Å². The molecule has 2 aromatic carbocycles. The van der Waals surface area contributed by atoms with Crippen LogP contribution in [0, 0.1) is 14.9 Å². The van der Waals surface area contributed by atoms with Crippen LogP contribution in [0.4, 0.5) is 0 Å². The zero-order valence-corrected chi connectivity index (χ0v) is 13.6. The van der Waals surface area contributed by atoms with Crippen molar-refractivity contribution in [3.63, 3.8) is 0 Å². The summed E-state index contributed by atoms with van der Waals surface area (Å²) in [5.74, 6) is 1.16. The molecule has 2 aromatic rings. The molecule has 0 aliphatic heterocycles. The van der Waals surface area contributed by atoms with Crippen LogP contribution in [0.3, 0.4) is 0 Å². The summed E-state index contributed by atoms with van der Waals surface area (Å²) in [5.41, 5.74) is 1.44. The first-order valence-electron chi connectivity index (χ1n) is 5.79. The summed E-state index contributed by atoms with van der Waals surface area (Å²) in [6.45, 7) is 0.345. The molecule has 0 unspecified atom stereocenters. The van der Waals surface area contributed by atoms with Crippen LogP contribution in [-0.4, -0.2) is 7.11 Å². The lowest BCUT2D eigenvalue weighted by Crippen LogP contribution is -2.00. The second-order valence-corrected chi connectivity index (χ2v) is 5.55. The van der Waals surface area contributed by atoms with Crippen LogP contribution in [0.1, 0.15) is 11.1 Å². The number of methoxy groups -OCH3 is 1. The van der Waals surface area contributed by atoms with Gasteiger partial charge < -0.3 is 9.47 Å². The predicted molar refractivity (Wildman–Crippen MR) is 86.2 cm³/mol. The summed E-state index contributed by atoms with van der Waals surface area (Å²) < 4.78 is 11.9. The van der Waals surface area contributed by atoms with Crippen molar-refractivity contribution in [2.24, 2.45) is 0 Å². The topological polar surface area (TPSA) is 42.2 Å². The molecule has 0 bridgehead atoms. The van der Waals surface area contributed by atoms with Gasteiger partial charge in [-0.1, -0.05) is 29.8 Å². The van der Waals surface area contributed by atoms with Crippen LogP contribution in [0.5, 0.6) is 11.5 Å². The normalized spacial score (nSPS) is 9.90. The molecule has 3 nitrogen and oxygen atoms in total. The van der Waals surface area contributed by atoms with E-state index in [9.17, 15) is 0 Å². The second kappa shape index (κ2) is 6.82. The number of rotatable bonds is 4. The lowest BCUT2D eigenvalue weighted by Gasteiger charge is -2.13. The van der Waals surface area contributed by atoms with Gasteiger partial charge in [-0.2, -0.15) is 5.26 Å². The maximum atomic E-state index is 8.95. The molecule has 0 atom stereocenters. The van der Waals surface area contributed by atoms with Gasteiger partial charge in [-0.25, -0.2) is 0 Å². The molecule has 0 fully saturated rings. The maximum Gasteiger partial charge on any atom is 0.175 e. The van der Waals surface area contributed by atoms with Crippen molar-refractivity contribution < 1.29 is 9.47 Å². The fourth-order valence-corrected chi connectivity index (χ4v) is 2.64. The van der Waals surface area contributed by atoms with Gasteiger partial charge in [-0.05, 0) is 34.7 Å². The number of hydrogen-bond donors (Lipinski definition) is 0. The molecule has 0 saturated heterocycles. The number of ether oxygens (including phenoxy) is 2. The fraction of sp³-hybridized carbons (Fsp3) is 0.133. The molecule has 0 saturated carbocycles. The zero-order chi connectivity index (χ0) is 14.5. The van der Waals surface area contributed by atoms with Crippen molar-refractivity contribution >= 4 is 34.2 Å². The van der Waals surface area contributed by atoms with E-state index in [4.69, 9.17) is 26.3 Å². The van der Waals surface area contributed by atoms with Gasteiger partial charge in [0.25, 0.3) is 0 Å². The smallest absolute Gasteiger partial charge is 0.175 e. The van der Waals surface area contributed by atoms with E-state index in [0.29, 0.717) is 28.7 Å². The molecule has 0 heterocycles. The first kappa shape index (κ1) is 14.9. The van der Waals surface area contributed by atoms with Gasteiger partial charge in [-0.3, -0.25) is 0 Å². The van der Waals surface area contributed by atoms with Crippen LogP contribution < -0.4 is 9.47 Å². The number of benzene rings is 2. The Balaban J connectivity index is 2.26. The van der Waals surface area contributed by atoms with Gasteiger partial charge in [0, 0.05) is 16.7 Å². The van der Waals surface area contributed by atoms with Crippen molar-refractivity contribution in [2.75, 3.05) is 7.11 Å². The van der Waals surface area contributed by atoms with Gasteiger partial charge in [0.2, 0.25) is 0 Å². The predicted octanol–water partition coefficient (Wildman–Crippen LogP) is 4.40. The third-order valence-electron chi connectivity index (χ3n) is 2.69. The Morgan fingerprint density at radius 1 is 1.30 bits per heavy atom. The maximum absolute atomic E-state index is 8.95. The summed E-state index contributed by atoms with van der Waals surface area (Å²) in [4.78, 5) is 0. The minimum Gasteiger partial charge on any atom is -0.493 e. The third kappa shape index (κ3) is 3.35. The number of nitriles is 1. The van der Waals surface area contributed by atoms with Gasteiger partial charge in [-0.15, -0.1) is 0 Å². The summed E-state index contributed by atoms with van der Waals surface area (Å²) in [5, 5.41) is 9.61. The van der Waals surface area contributed by atoms with Gasteiger partial charge in [0.15, 0.2) is 11.5 Å². The minimum atomic E-state index is 0.345. The zero-order valence-electron chi connectivity index (χ0n) is 10.7. The largest absolute Gasteiger partial charge is 0.493 e. The van der Waals surface area contributed by atoms with Crippen LogP contribution >= 0.6 is 34.2 Å². The van der Waals surface area contributed by atoms with E-state index in [0.717, 1.165) is 9.13 Å². The van der Waals surface area contributed by atoms with E-state index in [1.165, 1.54) is 0 Å². The standard InChI is InChI=1S/C15H11ClINO2/c1-19-14-7-10(8-18)6-13(17)15(14)20-9-11-4-2-3-5-12(11)16/h2-7H,9H2,1H3. The number of hydrogen-bond acceptors (Lipinski definition) is 3. The summed E-state index contributed by atoms with van der Waals surface area (Å²) >= 11 is 8.22. The van der Waals surface area contributed by atoms with E-state index < -0.39 is 0 Å². The Bertz CT molecular complexity index is 667. The molecule has 0 N–H and O–H groups in total. The lowest BCUT2D eigenvalue weighted by atomic mass is 10.2. The summed E-state index contributed by atoms with van der Waals surface area (Å²) in [6.07, 6.45) is 0. The summed E-state index contributed by atoms with van der Waals surface area (Å²) in [7, 11) is 1.55. The van der Waals surface area contributed by atoms with E-state index >= 15 is 0 Å². The highest BCUT2D eigenvalue weighted by molar-refractivity contribution is 14.1.